The van der Waals surface area contributed by atoms with Crippen LogP contribution < -0.4 is 11.1 Å². The number of ether oxygens (including phenoxy) is 1. The van der Waals surface area contributed by atoms with Crippen molar-refractivity contribution in [3.05, 3.63) is 0 Å². The minimum absolute atomic E-state index is 0.228. The van der Waals surface area contributed by atoms with Crippen molar-refractivity contribution < 1.29 is 9.84 Å². The van der Waals surface area contributed by atoms with Gasteiger partial charge in [0.1, 0.15) is 0 Å². The summed E-state index contributed by atoms with van der Waals surface area (Å²) in [7, 11) is 0. The van der Waals surface area contributed by atoms with Gasteiger partial charge in [0.05, 0.1) is 12.2 Å². The van der Waals surface area contributed by atoms with Gasteiger partial charge in [-0.3, -0.25) is 0 Å². The van der Waals surface area contributed by atoms with Gasteiger partial charge in [-0.1, -0.05) is 0 Å². The number of rotatable bonds is 6. The Balaban J connectivity index is 2.23. The smallest absolute Gasteiger partial charge is 0.0744 e. The molecule has 1 fully saturated rings. The summed E-state index contributed by atoms with van der Waals surface area (Å²) >= 11 is 0. The molecule has 3 atom stereocenters. The molecule has 84 valence electrons. The molecule has 1 heterocycles. The van der Waals surface area contributed by atoms with Crippen LogP contribution in [0.5, 0.6) is 0 Å². The normalized spacial score (nSPS) is 29.4. The molecule has 1 aliphatic heterocycles. The van der Waals surface area contributed by atoms with Gasteiger partial charge in [0, 0.05) is 19.2 Å². The van der Waals surface area contributed by atoms with E-state index in [2.05, 4.69) is 12.2 Å². The molecule has 4 nitrogen and oxygen atoms in total. The van der Waals surface area contributed by atoms with Crippen LogP contribution in [-0.4, -0.2) is 43.1 Å². The molecule has 0 aromatic heterocycles. The Morgan fingerprint density at radius 3 is 2.86 bits per heavy atom. The summed E-state index contributed by atoms with van der Waals surface area (Å²) < 4.78 is 5.74. The van der Waals surface area contributed by atoms with E-state index in [9.17, 15) is 0 Å². The van der Waals surface area contributed by atoms with Crippen LogP contribution in [0.2, 0.25) is 0 Å². The second kappa shape index (κ2) is 6.35. The van der Waals surface area contributed by atoms with Gasteiger partial charge in [0.25, 0.3) is 0 Å². The average molecular weight is 202 g/mol. The first kappa shape index (κ1) is 11.9. The summed E-state index contributed by atoms with van der Waals surface area (Å²) in [5.74, 6) is 0. The molecule has 0 bridgehead atoms. The third kappa shape index (κ3) is 3.53. The third-order valence-corrected chi connectivity index (χ3v) is 2.71. The highest BCUT2D eigenvalue weighted by atomic mass is 16.5. The highest BCUT2D eigenvalue weighted by Gasteiger charge is 2.28. The molecule has 1 saturated heterocycles. The minimum Gasteiger partial charge on any atom is -0.396 e. The first-order valence-electron chi connectivity index (χ1n) is 5.47. The van der Waals surface area contributed by atoms with E-state index in [1.807, 2.05) is 0 Å². The lowest BCUT2D eigenvalue weighted by atomic mass is 10.1. The zero-order valence-electron chi connectivity index (χ0n) is 8.91. The molecule has 0 aromatic carbocycles. The van der Waals surface area contributed by atoms with Gasteiger partial charge in [-0.25, -0.2) is 0 Å². The fraction of sp³-hybridized carbons (Fsp3) is 1.00. The van der Waals surface area contributed by atoms with E-state index < -0.39 is 0 Å². The lowest BCUT2D eigenvalue weighted by molar-refractivity contribution is 0.0336. The van der Waals surface area contributed by atoms with Crippen LogP contribution in [0.4, 0.5) is 0 Å². The molecule has 0 aromatic rings. The van der Waals surface area contributed by atoms with E-state index in [-0.39, 0.29) is 18.8 Å². The second-order valence-corrected chi connectivity index (χ2v) is 3.94. The number of hydrogen-bond donors (Lipinski definition) is 3. The summed E-state index contributed by atoms with van der Waals surface area (Å²) in [6.45, 7) is 3.74. The predicted octanol–water partition coefficient (Wildman–Crippen LogP) is -0.147. The standard InChI is InChI=1S/C10H22N2O2/c1-8-3-4-10(14-8)9(7-11)12-5-2-6-13/h8-10,12-13H,2-7,11H2,1H3. The number of aliphatic hydroxyl groups excluding tert-OH is 1. The molecule has 1 aliphatic rings. The highest BCUT2D eigenvalue weighted by molar-refractivity contribution is 4.83. The van der Waals surface area contributed by atoms with Crippen LogP contribution >= 0.6 is 0 Å². The maximum Gasteiger partial charge on any atom is 0.0744 e. The van der Waals surface area contributed by atoms with Crippen molar-refractivity contribution in [2.45, 2.75) is 44.4 Å². The largest absolute Gasteiger partial charge is 0.396 e. The Morgan fingerprint density at radius 1 is 1.57 bits per heavy atom. The molecule has 0 saturated carbocycles. The van der Waals surface area contributed by atoms with Crippen LogP contribution in [0.15, 0.2) is 0 Å². The number of hydrogen-bond acceptors (Lipinski definition) is 4. The summed E-state index contributed by atoms with van der Waals surface area (Å²) in [6.07, 6.45) is 3.62. The molecule has 1 rings (SSSR count). The summed E-state index contributed by atoms with van der Waals surface area (Å²) in [4.78, 5) is 0. The van der Waals surface area contributed by atoms with Crippen LogP contribution in [-0.2, 0) is 4.74 Å². The van der Waals surface area contributed by atoms with Crippen LogP contribution in [0.25, 0.3) is 0 Å². The van der Waals surface area contributed by atoms with Crippen LogP contribution in [0, 0.1) is 0 Å². The molecular weight excluding hydrogens is 180 g/mol. The predicted molar refractivity (Wildman–Crippen MR) is 56.1 cm³/mol. The Kier molecular flexibility index (Phi) is 5.40. The maximum atomic E-state index is 8.66. The van der Waals surface area contributed by atoms with Crippen molar-refractivity contribution in [2.75, 3.05) is 19.7 Å². The van der Waals surface area contributed by atoms with E-state index in [4.69, 9.17) is 15.6 Å². The van der Waals surface area contributed by atoms with Gasteiger partial charge in [-0.15, -0.1) is 0 Å². The van der Waals surface area contributed by atoms with Gasteiger partial charge in [0.15, 0.2) is 0 Å². The van der Waals surface area contributed by atoms with Gasteiger partial charge < -0.3 is 20.9 Å². The van der Waals surface area contributed by atoms with Crippen molar-refractivity contribution in [3.8, 4) is 0 Å². The van der Waals surface area contributed by atoms with E-state index in [0.29, 0.717) is 12.6 Å². The Bertz CT molecular complexity index is 155. The molecule has 0 aliphatic carbocycles. The van der Waals surface area contributed by atoms with Gasteiger partial charge >= 0.3 is 0 Å². The lowest BCUT2D eigenvalue weighted by Crippen LogP contribution is -2.45. The zero-order valence-corrected chi connectivity index (χ0v) is 8.91. The van der Waals surface area contributed by atoms with Crippen molar-refractivity contribution in [1.29, 1.82) is 0 Å². The van der Waals surface area contributed by atoms with E-state index in [0.717, 1.165) is 25.8 Å². The Labute approximate surface area is 85.8 Å². The molecule has 0 amide bonds. The first-order valence-corrected chi connectivity index (χ1v) is 5.47. The van der Waals surface area contributed by atoms with Gasteiger partial charge in [0.2, 0.25) is 0 Å². The van der Waals surface area contributed by atoms with Crippen molar-refractivity contribution >= 4 is 0 Å². The molecule has 14 heavy (non-hydrogen) atoms. The Hall–Kier alpha value is -0.160. The van der Waals surface area contributed by atoms with Crippen LogP contribution in [0.3, 0.4) is 0 Å². The van der Waals surface area contributed by atoms with Crippen molar-refractivity contribution in [3.63, 3.8) is 0 Å². The Morgan fingerprint density at radius 2 is 2.36 bits per heavy atom. The quantitative estimate of drug-likeness (QED) is 0.524. The van der Waals surface area contributed by atoms with E-state index in [1.54, 1.807) is 0 Å². The van der Waals surface area contributed by atoms with Crippen molar-refractivity contribution in [2.24, 2.45) is 5.73 Å². The molecular formula is C10H22N2O2. The molecule has 0 radical (unpaired) electrons. The second-order valence-electron chi connectivity index (χ2n) is 3.94. The van der Waals surface area contributed by atoms with Crippen LogP contribution in [0.1, 0.15) is 26.2 Å². The topological polar surface area (TPSA) is 67.5 Å². The van der Waals surface area contributed by atoms with Gasteiger partial charge in [-0.05, 0) is 32.7 Å². The summed E-state index contributed by atoms with van der Waals surface area (Å²) in [5.41, 5.74) is 5.68. The molecule has 4 heteroatoms. The number of nitrogens with two attached hydrogens (primary N) is 1. The monoisotopic (exact) mass is 202 g/mol. The zero-order chi connectivity index (χ0) is 10.4. The summed E-state index contributed by atoms with van der Waals surface area (Å²) in [5, 5.41) is 12.0. The third-order valence-electron chi connectivity index (χ3n) is 2.71. The highest BCUT2D eigenvalue weighted by Crippen LogP contribution is 2.21. The SMILES string of the molecule is CC1CCC(C(CN)NCCCO)O1. The first-order chi connectivity index (χ1) is 6.77. The van der Waals surface area contributed by atoms with E-state index in [1.165, 1.54) is 0 Å². The van der Waals surface area contributed by atoms with Gasteiger partial charge in [-0.2, -0.15) is 0 Å². The molecule has 0 spiro atoms. The van der Waals surface area contributed by atoms with E-state index >= 15 is 0 Å². The minimum atomic E-state index is 0.228. The fourth-order valence-electron chi connectivity index (χ4n) is 1.86. The molecule has 3 unspecified atom stereocenters. The number of nitrogens with one attached hydrogen (secondary N) is 1. The average Bonchev–Trinajstić information content (AvgIpc) is 2.60. The number of aliphatic hydroxyl groups is 1. The lowest BCUT2D eigenvalue weighted by Gasteiger charge is -2.23. The van der Waals surface area contributed by atoms with Crippen molar-refractivity contribution in [1.82, 2.24) is 5.32 Å². The molecule has 4 N–H and O–H groups in total. The maximum absolute atomic E-state index is 8.66. The summed E-state index contributed by atoms with van der Waals surface area (Å²) in [6, 6.07) is 0.242. The fourth-order valence-corrected chi connectivity index (χ4v) is 1.86.